The molecule has 0 saturated heterocycles. The minimum atomic E-state index is -0.119. The number of nitrogens with one attached hydrogen (secondary N) is 1. The zero-order chi connectivity index (χ0) is 12.3. The van der Waals surface area contributed by atoms with Crippen LogP contribution in [0.15, 0.2) is 30.3 Å². The molecule has 0 aliphatic carbocycles. The molecule has 1 aromatic heterocycles. The van der Waals surface area contributed by atoms with Gasteiger partial charge in [0, 0.05) is 18.5 Å². The summed E-state index contributed by atoms with van der Waals surface area (Å²) in [5.74, 6) is -0.119. The number of aromatic nitrogens is 1. The predicted octanol–water partition coefficient (Wildman–Crippen LogP) is 1.23. The molecular weight excluding hydrogens is 214 g/mol. The van der Waals surface area contributed by atoms with Gasteiger partial charge in [0.25, 0.3) is 5.91 Å². The molecule has 0 aliphatic rings. The Kier molecular flexibility index (Phi) is 3.35. The van der Waals surface area contributed by atoms with Crippen LogP contribution < -0.4 is 11.1 Å². The zero-order valence-corrected chi connectivity index (χ0v) is 9.73. The molecule has 0 bridgehead atoms. The number of benzene rings is 1. The van der Waals surface area contributed by atoms with E-state index in [0.29, 0.717) is 18.7 Å². The SMILES string of the molecule is Cc1nc2ccccc2cc1C(=O)NCCN. The molecule has 2 aromatic rings. The van der Waals surface area contributed by atoms with Crippen LogP contribution in [-0.4, -0.2) is 24.0 Å². The molecule has 0 fully saturated rings. The third kappa shape index (κ3) is 2.42. The number of carbonyl (C=O) groups excluding carboxylic acids is 1. The van der Waals surface area contributed by atoms with Gasteiger partial charge in [-0.25, -0.2) is 0 Å². The molecule has 0 atom stereocenters. The number of nitrogens with zero attached hydrogens (tertiary/aromatic N) is 1. The molecule has 1 aromatic carbocycles. The van der Waals surface area contributed by atoms with Crippen LogP contribution in [0.5, 0.6) is 0 Å². The molecule has 4 nitrogen and oxygen atoms in total. The maximum atomic E-state index is 11.9. The van der Waals surface area contributed by atoms with Crippen LogP contribution >= 0.6 is 0 Å². The van der Waals surface area contributed by atoms with Gasteiger partial charge >= 0.3 is 0 Å². The number of carbonyl (C=O) groups is 1. The fraction of sp³-hybridized carbons (Fsp3) is 0.231. The molecule has 0 aliphatic heterocycles. The maximum absolute atomic E-state index is 11.9. The van der Waals surface area contributed by atoms with Crippen molar-refractivity contribution in [3.8, 4) is 0 Å². The van der Waals surface area contributed by atoms with Crippen molar-refractivity contribution in [1.82, 2.24) is 10.3 Å². The number of rotatable bonds is 3. The van der Waals surface area contributed by atoms with E-state index in [-0.39, 0.29) is 5.91 Å². The number of nitrogens with two attached hydrogens (primary N) is 1. The summed E-state index contributed by atoms with van der Waals surface area (Å²) in [4.78, 5) is 16.3. The van der Waals surface area contributed by atoms with E-state index in [1.807, 2.05) is 37.3 Å². The molecule has 1 amide bonds. The second-order valence-electron chi connectivity index (χ2n) is 3.86. The monoisotopic (exact) mass is 229 g/mol. The number of aryl methyl sites for hydroxylation is 1. The van der Waals surface area contributed by atoms with Gasteiger partial charge in [0.2, 0.25) is 0 Å². The van der Waals surface area contributed by atoms with Gasteiger partial charge in [-0.1, -0.05) is 18.2 Å². The maximum Gasteiger partial charge on any atom is 0.253 e. The molecule has 0 radical (unpaired) electrons. The molecule has 88 valence electrons. The first-order valence-corrected chi connectivity index (χ1v) is 5.57. The van der Waals surface area contributed by atoms with Gasteiger partial charge in [-0.3, -0.25) is 9.78 Å². The molecule has 0 saturated carbocycles. The van der Waals surface area contributed by atoms with Gasteiger partial charge in [-0.05, 0) is 19.1 Å². The number of amides is 1. The highest BCUT2D eigenvalue weighted by molar-refractivity contribution is 5.98. The van der Waals surface area contributed by atoms with E-state index in [2.05, 4.69) is 10.3 Å². The highest BCUT2D eigenvalue weighted by Gasteiger charge is 2.10. The summed E-state index contributed by atoms with van der Waals surface area (Å²) in [5, 5.41) is 3.72. The number of pyridine rings is 1. The van der Waals surface area contributed by atoms with Crippen molar-refractivity contribution in [2.75, 3.05) is 13.1 Å². The normalized spacial score (nSPS) is 10.5. The lowest BCUT2D eigenvalue weighted by atomic mass is 10.1. The van der Waals surface area contributed by atoms with Crippen LogP contribution in [0, 0.1) is 6.92 Å². The average molecular weight is 229 g/mol. The van der Waals surface area contributed by atoms with Gasteiger partial charge in [0.05, 0.1) is 16.8 Å². The van der Waals surface area contributed by atoms with Crippen molar-refractivity contribution >= 4 is 16.8 Å². The van der Waals surface area contributed by atoms with Crippen molar-refractivity contribution in [3.05, 3.63) is 41.6 Å². The lowest BCUT2D eigenvalue weighted by Gasteiger charge is -2.07. The fourth-order valence-corrected chi connectivity index (χ4v) is 1.72. The van der Waals surface area contributed by atoms with Crippen LogP contribution in [0.3, 0.4) is 0 Å². The van der Waals surface area contributed by atoms with Gasteiger partial charge in [-0.15, -0.1) is 0 Å². The molecule has 0 spiro atoms. The van der Waals surface area contributed by atoms with Crippen LogP contribution in [0.2, 0.25) is 0 Å². The number of hydrogen-bond acceptors (Lipinski definition) is 3. The van der Waals surface area contributed by atoms with Crippen molar-refractivity contribution < 1.29 is 4.79 Å². The largest absolute Gasteiger partial charge is 0.351 e. The molecule has 1 heterocycles. The minimum absolute atomic E-state index is 0.119. The fourth-order valence-electron chi connectivity index (χ4n) is 1.72. The number of fused-ring (bicyclic) bond motifs is 1. The number of hydrogen-bond donors (Lipinski definition) is 2. The summed E-state index contributed by atoms with van der Waals surface area (Å²) >= 11 is 0. The van der Waals surface area contributed by atoms with E-state index in [1.54, 1.807) is 0 Å². The van der Waals surface area contributed by atoms with Gasteiger partial charge in [-0.2, -0.15) is 0 Å². The summed E-state index contributed by atoms with van der Waals surface area (Å²) in [7, 11) is 0. The molecule has 2 rings (SSSR count). The highest BCUT2D eigenvalue weighted by atomic mass is 16.1. The van der Waals surface area contributed by atoms with Gasteiger partial charge in [0.1, 0.15) is 0 Å². The van der Waals surface area contributed by atoms with E-state index in [0.717, 1.165) is 16.6 Å². The third-order valence-corrected chi connectivity index (χ3v) is 2.59. The average Bonchev–Trinajstić information content (AvgIpc) is 2.35. The Labute approximate surface area is 99.8 Å². The van der Waals surface area contributed by atoms with E-state index in [1.165, 1.54) is 0 Å². The summed E-state index contributed by atoms with van der Waals surface area (Å²) in [6, 6.07) is 9.61. The first kappa shape index (κ1) is 11.5. The highest BCUT2D eigenvalue weighted by Crippen LogP contribution is 2.15. The smallest absolute Gasteiger partial charge is 0.253 e. The van der Waals surface area contributed by atoms with Crippen LogP contribution in [-0.2, 0) is 0 Å². The van der Waals surface area contributed by atoms with E-state index < -0.39 is 0 Å². The Hall–Kier alpha value is -1.94. The molecular formula is C13H15N3O. The Morgan fingerprint density at radius 2 is 2.18 bits per heavy atom. The summed E-state index contributed by atoms with van der Waals surface area (Å²) in [5.41, 5.74) is 7.60. The quantitative estimate of drug-likeness (QED) is 0.831. The first-order valence-electron chi connectivity index (χ1n) is 5.57. The van der Waals surface area contributed by atoms with E-state index in [9.17, 15) is 4.79 Å². The van der Waals surface area contributed by atoms with Crippen LogP contribution in [0.25, 0.3) is 10.9 Å². The Morgan fingerprint density at radius 3 is 2.94 bits per heavy atom. The summed E-state index contributed by atoms with van der Waals surface area (Å²) < 4.78 is 0. The van der Waals surface area contributed by atoms with Crippen molar-refractivity contribution in [3.63, 3.8) is 0 Å². The van der Waals surface area contributed by atoms with Crippen molar-refractivity contribution in [2.24, 2.45) is 5.73 Å². The number of para-hydroxylation sites is 1. The Balaban J connectivity index is 2.40. The first-order chi connectivity index (χ1) is 8.22. The second kappa shape index (κ2) is 4.93. The lowest BCUT2D eigenvalue weighted by molar-refractivity contribution is 0.0954. The summed E-state index contributed by atoms with van der Waals surface area (Å²) in [6.07, 6.45) is 0. The molecule has 3 N–H and O–H groups in total. The standard InChI is InChI=1S/C13H15N3O/c1-9-11(13(17)15-7-6-14)8-10-4-2-3-5-12(10)16-9/h2-5,8H,6-7,14H2,1H3,(H,15,17). The molecule has 0 unspecified atom stereocenters. The lowest BCUT2D eigenvalue weighted by Crippen LogP contribution is -2.29. The van der Waals surface area contributed by atoms with Crippen LogP contribution in [0.4, 0.5) is 0 Å². The van der Waals surface area contributed by atoms with Gasteiger partial charge < -0.3 is 11.1 Å². The summed E-state index contributed by atoms with van der Waals surface area (Å²) in [6.45, 7) is 2.75. The van der Waals surface area contributed by atoms with Crippen molar-refractivity contribution in [2.45, 2.75) is 6.92 Å². The van der Waals surface area contributed by atoms with Crippen molar-refractivity contribution in [1.29, 1.82) is 0 Å². The van der Waals surface area contributed by atoms with Crippen LogP contribution in [0.1, 0.15) is 16.1 Å². The zero-order valence-electron chi connectivity index (χ0n) is 9.73. The second-order valence-corrected chi connectivity index (χ2v) is 3.86. The minimum Gasteiger partial charge on any atom is -0.351 e. The topological polar surface area (TPSA) is 68.0 Å². The van der Waals surface area contributed by atoms with E-state index in [4.69, 9.17) is 5.73 Å². The molecule has 17 heavy (non-hydrogen) atoms. The van der Waals surface area contributed by atoms with Gasteiger partial charge in [0.15, 0.2) is 0 Å². The molecule has 4 heteroatoms. The Bertz CT molecular complexity index is 551. The Morgan fingerprint density at radius 1 is 1.41 bits per heavy atom. The third-order valence-electron chi connectivity index (χ3n) is 2.59. The predicted molar refractivity (Wildman–Crippen MR) is 67.9 cm³/mol. The van der Waals surface area contributed by atoms with E-state index >= 15 is 0 Å².